The summed E-state index contributed by atoms with van der Waals surface area (Å²) in [7, 11) is 0. The first-order valence-corrected chi connectivity index (χ1v) is 6.86. The summed E-state index contributed by atoms with van der Waals surface area (Å²) in [5, 5.41) is 5.26. The Morgan fingerprint density at radius 1 is 1.16 bits per heavy atom. The lowest BCUT2D eigenvalue weighted by Gasteiger charge is -2.02. The van der Waals surface area contributed by atoms with Crippen molar-refractivity contribution >= 4 is 33.2 Å². The Morgan fingerprint density at radius 2 is 1.89 bits per heavy atom. The molecule has 0 amide bonds. The number of fused-ring (bicyclic) bond motifs is 1. The minimum atomic E-state index is 0.375. The third-order valence-electron chi connectivity index (χ3n) is 2.82. The SMILES string of the molecule is NCc1nc2ccc(-c3ccc(Cl)cc3)nn2c1Br. The highest BCUT2D eigenvalue weighted by Gasteiger charge is 2.10. The Bertz CT molecular complexity index is 736. The summed E-state index contributed by atoms with van der Waals surface area (Å²) in [5.74, 6) is 0. The van der Waals surface area contributed by atoms with Crippen LogP contribution in [-0.4, -0.2) is 14.6 Å². The number of nitrogens with zero attached hydrogens (tertiary/aromatic N) is 3. The summed E-state index contributed by atoms with van der Waals surface area (Å²) >= 11 is 9.35. The topological polar surface area (TPSA) is 56.2 Å². The molecule has 6 heteroatoms. The maximum absolute atomic E-state index is 5.88. The molecule has 3 rings (SSSR count). The first-order valence-electron chi connectivity index (χ1n) is 5.69. The maximum Gasteiger partial charge on any atom is 0.155 e. The minimum Gasteiger partial charge on any atom is -0.325 e. The molecule has 0 saturated carbocycles. The van der Waals surface area contributed by atoms with Crippen molar-refractivity contribution in [3.8, 4) is 11.3 Å². The Hall–Kier alpha value is -1.43. The van der Waals surface area contributed by atoms with Gasteiger partial charge in [-0.25, -0.2) is 9.50 Å². The van der Waals surface area contributed by atoms with Gasteiger partial charge < -0.3 is 5.73 Å². The molecule has 0 atom stereocenters. The third kappa shape index (κ3) is 2.25. The van der Waals surface area contributed by atoms with Gasteiger partial charge in [0.15, 0.2) is 5.65 Å². The van der Waals surface area contributed by atoms with Crippen LogP contribution in [0.2, 0.25) is 5.02 Å². The molecular weight excluding hydrogens is 328 g/mol. The van der Waals surface area contributed by atoms with E-state index in [0.29, 0.717) is 11.6 Å². The van der Waals surface area contributed by atoms with Gasteiger partial charge in [-0.15, -0.1) is 0 Å². The van der Waals surface area contributed by atoms with E-state index in [0.717, 1.165) is 27.2 Å². The summed E-state index contributed by atoms with van der Waals surface area (Å²) in [6.07, 6.45) is 0. The first kappa shape index (κ1) is 12.6. The standard InChI is InChI=1S/C13H10BrClN4/c14-13-11(7-16)17-12-6-5-10(18-19(12)13)8-1-3-9(15)4-2-8/h1-6H,7,16H2. The fraction of sp³-hybridized carbons (Fsp3) is 0.0769. The highest BCUT2D eigenvalue weighted by molar-refractivity contribution is 9.10. The number of hydrogen-bond donors (Lipinski definition) is 1. The first-order chi connectivity index (χ1) is 9.19. The van der Waals surface area contributed by atoms with Crippen LogP contribution in [0, 0.1) is 0 Å². The molecule has 0 radical (unpaired) electrons. The van der Waals surface area contributed by atoms with Gasteiger partial charge in [-0.1, -0.05) is 23.7 Å². The fourth-order valence-electron chi connectivity index (χ4n) is 1.86. The molecule has 0 bridgehead atoms. The second-order valence-corrected chi connectivity index (χ2v) is 5.24. The van der Waals surface area contributed by atoms with Crippen LogP contribution >= 0.6 is 27.5 Å². The van der Waals surface area contributed by atoms with Crippen molar-refractivity contribution in [3.63, 3.8) is 0 Å². The number of hydrogen-bond acceptors (Lipinski definition) is 3. The van der Waals surface area contributed by atoms with Crippen LogP contribution in [0.15, 0.2) is 41.0 Å². The van der Waals surface area contributed by atoms with E-state index in [2.05, 4.69) is 26.0 Å². The molecule has 2 aromatic heterocycles. The van der Waals surface area contributed by atoms with E-state index in [9.17, 15) is 0 Å². The number of benzene rings is 1. The molecule has 0 fully saturated rings. The normalized spacial score (nSPS) is 11.1. The zero-order valence-corrected chi connectivity index (χ0v) is 12.2. The molecule has 0 aliphatic heterocycles. The molecule has 0 unspecified atom stereocenters. The van der Waals surface area contributed by atoms with Crippen LogP contribution in [-0.2, 0) is 6.54 Å². The van der Waals surface area contributed by atoms with E-state index in [1.165, 1.54) is 0 Å². The van der Waals surface area contributed by atoms with Crippen molar-refractivity contribution < 1.29 is 0 Å². The molecule has 0 spiro atoms. The Balaban J connectivity index is 2.15. The molecule has 96 valence electrons. The summed E-state index contributed by atoms with van der Waals surface area (Å²) in [5.41, 5.74) is 9.05. The summed E-state index contributed by atoms with van der Waals surface area (Å²) in [6, 6.07) is 11.4. The number of aromatic nitrogens is 3. The molecule has 3 aromatic rings. The van der Waals surface area contributed by atoms with E-state index in [-0.39, 0.29) is 0 Å². The smallest absolute Gasteiger partial charge is 0.155 e. The van der Waals surface area contributed by atoms with Gasteiger partial charge in [0.25, 0.3) is 0 Å². The van der Waals surface area contributed by atoms with Crippen LogP contribution in [0.4, 0.5) is 0 Å². The molecule has 0 aliphatic rings. The van der Waals surface area contributed by atoms with Crippen molar-refractivity contribution in [1.29, 1.82) is 0 Å². The van der Waals surface area contributed by atoms with E-state index < -0.39 is 0 Å². The Morgan fingerprint density at radius 3 is 2.58 bits per heavy atom. The van der Waals surface area contributed by atoms with Crippen molar-refractivity contribution in [1.82, 2.24) is 14.6 Å². The molecule has 4 nitrogen and oxygen atoms in total. The number of halogens is 2. The number of nitrogens with two attached hydrogens (primary N) is 1. The van der Waals surface area contributed by atoms with Crippen LogP contribution in [0.25, 0.3) is 16.9 Å². The van der Waals surface area contributed by atoms with Crippen LogP contribution in [0.5, 0.6) is 0 Å². The van der Waals surface area contributed by atoms with Gasteiger partial charge in [0.05, 0.1) is 11.4 Å². The molecule has 0 aliphatic carbocycles. The minimum absolute atomic E-state index is 0.375. The van der Waals surface area contributed by atoms with Gasteiger partial charge in [-0.05, 0) is 40.2 Å². The van der Waals surface area contributed by atoms with Crippen LogP contribution in [0.3, 0.4) is 0 Å². The van der Waals surface area contributed by atoms with E-state index in [4.69, 9.17) is 17.3 Å². The summed E-state index contributed by atoms with van der Waals surface area (Å²) in [4.78, 5) is 4.39. The highest BCUT2D eigenvalue weighted by atomic mass is 79.9. The quantitative estimate of drug-likeness (QED) is 0.781. The highest BCUT2D eigenvalue weighted by Crippen LogP contribution is 2.23. The molecule has 2 heterocycles. The van der Waals surface area contributed by atoms with Crippen molar-refractivity contribution in [2.45, 2.75) is 6.54 Å². The average Bonchev–Trinajstić information content (AvgIpc) is 2.76. The van der Waals surface area contributed by atoms with Crippen molar-refractivity contribution in [3.05, 3.63) is 51.7 Å². The van der Waals surface area contributed by atoms with Crippen molar-refractivity contribution in [2.75, 3.05) is 0 Å². The second kappa shape index (κ2) is 4.92. The van der Waals surface area contributed by atoms with Crippen LogP contribution in [0.1, 0.15) is 5.69 Å². The third-order valence-corrected chi connectivity index (χ3v) is 3.87. The van der Waals surface area contributed by atoms with Gasteiger partial charge in [0.1, 0.15) is 4.60 Å². The lowest BCUT2D eigenvalue weighted by atomic mass is 10.1. The lowest BCUT2D eigenvalue weighted by Crippen LogP contribution is -1.98. The number of rotatable bonds is 2. The van der Waals surface area contributed by atoms with E-state index in [1.54, 1.807) is 4.52 Å². The van der Waals surface area contributed by atoms with E-state index in [1.807, 2.05) is 36.4 Å². The molecule has 2 N–H and O–H groups in total. The molecule has 0 saturated heterocycles. The number of imidazole rings is 1. The zero-order valence-electron chi connectivity index (χ0n) is 9.85. The molecular formula is C13H10BrClN4. The zero-order chi connectivity index (χ0) is 13.4. The monoisotopic (exact) mass is 336 g/mol. The van der Waals surface area contributed by atoms with Crippen molar-refractivity contribution in [2.24, 2.45) is 5.73 Å². The fourth-order valence-corrected chi connectivity index (χ4v) is 2.49. The summed E-state index contributed by atoms with van der Waals surface area (Å²) in [6.45, 7) is 0.375. The van der Waals surface area contributed by atoms with Gasteiger partial charge in [-0.3, -0.25) is 0 Å². The predicted molar refractivity (Wildman–Crippen MR) is 79.0 cm³/mol. The molecule has 19 heavy (non-hydrogen) atoms. The second-order valence-electron chi connectivity index (χ2n) is 4.05. The summed E-state index contributed by atoms with van der Waals surface area (Å²) < 4.78 is 2.53. The lowest BCUT2D eigenvalue weighted by molar-refractivity contribution is 0.909. The van der Waals surface area contributed by atoms with Crippen LogP contribution < -0.4 is 5.73 Å². The van der Waals surface area contributed by atoms with E-state index >= 15 is 0 Å². The molecule has 1 aromatic carbocycles. The average molecular weight is 338 g/mol. The predicted octanol–water partition coefficient (Wildman–Crippen LogP) is 3.27. The van der Waals surface area contributed by atoms with Gasteiger partial charge >= 0.3 is 0 Å². The van der Waals surface area contributed by atoms with Gasteiger partial charge in [-0.2, -0.15) is 5.10 Å². The maximum atomic E-state index is 5.88. The Kier molecular flexibility index (Phi) is 3.26. The van der Waals surface area contributed by atoms with Gasteiger partial charge in [0, 0.05) is 17.1 Å². The van der Waals surface area contributed by atoms with Gasteiger partial charge in [0.2, 0.25) is 0 Å². The largest absolute Gasteiger partial charge is 0.325 e. The Labute approximate surface area is 123 Å².